The van der Waals surface area contributed by atoms with Gasteiger partial charge >= 0.3 is 0 Å². The minimum absolute atomic E-state index is 0.494. The zero-order chi connectivity index (χ0) is 7.68. The molecule has 1 aromatic rings. The van der Waals surface area contributed by atoms with E-state index in [2.05, 4.69) is 42.6 Å². The second kappa shape index (κ2) is 2.59. The van der Waals surface area contributed by atoms with E-state index in [1.54, 1.807) is 0 Å². The van der Waals surface area contributed by atoms with Gasteiger partial charge in [-0.15, -0.1) is 0 Å². The molecule has 0 unspecified atom stereocenters. The highest BCUT2D eigenvalue weighted by molar-refractivity contribution is 6.57. The first-order chi connectivity index (χ1) is 5.42. The van der Waals surface area contributed by atoms with Gasteiger partial charge in [-0.1, -0.05) is 36.5 Å². The largest absolute Gasteiger partial charge is 0.0776 e. The number of benzene rings is 1. The fourth-order valence-corrected chi connectivity index (χ4v) is 2.01. The van der Waals surface area contributed by atoms with Crippen LogP contribution in [0.15, 0.2) is 24.3 Å². The number of rotatable bonds is 1. The highest BCUT2D eigenvalue weighted by Gasteiger charge is 2.10. The Hall–Kier alpha value is -0.953. The van der Waals surface area contributed by atoms with E-state index in [1.807, 2.05) is 0 Å². The Bertz CT molecular complexity index is 334. The Morgan fingerprint density at radius 3 is 2.82 bits per heavy atom. The summed E-state index contributed by atoms with van der Waals surface area (Å²) >= 11 is 0. The maximum Gasteiger partial charge on any atom is -0.00929 e. The second-order valence-corrected chi connectivity index (χ2v) is 3.69. The summed E-state index contributed by atoms with van der Waals surface area (Å²) < 4.78 is 0. The summed E-state index contributed by atoms with van der Waals surface area (Å²) in [5.41, 5.74) is 6.62. The summed E-state index contributed by atoms with van der Waals surface area (Å²) in [6.07, 6.45) is 2.26. The van der Waals surface area contributed by atoms with Gasteiger partial charge in [-0.05, 0) is 31.9 Å². The number of hydrogen-bond acceptors (Lipinski definition) is 0. The molecule has 0 fully saturated rings. The van der Waals surface area contributed by atoms with Crippen LogP contribution in [0, 0.1) is 0 Å². The third-order valence-corrected chi connectivity index (χ3v) is 2.62. The van der Waals surface area contributed by atoms with Gasteiger partial charge in [0.15, 0.2) is 0 Å². The summed E-state index contributed by atoms with van der Waals surface area (Å²) in [7, 11) is 0.494. The molecule has 54 valence electrons. The topological polar surface area (TPSA) is 0 Å². The minimum Gasteiger partial charge on any atom is -0.0776 e. The van der Waals surface area contributed by atoms with E-state index >= 15 is 0 Å². The summed E-state index contributed by atoms with van der Waals surface area (Å²) in [6.45, 7) is 2.25. The van der Waals surface area contributed by atoms with Crippen LogP contribution < -0.4 is 0 Å². The molecular formula is C10H10Si. The van der Waals surface area contributed by atoms with Gasteiger partial charge in [0, 0.05) is 0 Å². The lowest BCUT2D eigenvalue weighted by Gasteiger charge is -2.16. The van der Waals surface area contributed by atoms with Crippen LogP contribution in [0.5, 0.6) is 0 Å². The van der Waals surface area contributed by atoms with Crippen molar-refractivity contribution in [3.8, 4) is 0 Å². The molecule has 11 heavy (non-hydrogen) atoms. The fourth-order valence-electron chi connectivity index (χ4n) is 1.37. The molecule has 0 atom stereocenters. The van der Waals surface area contributed by atoms with Gasteiger partial charge in [0.2, 0.25) is 0 Å². The Labute approximate surface area is 69.0 Å². The highest BCUT2D eigenvalue weighted by atomic mass is 28.2. The number of fused-ring (bicyclic) bond motifs is 1. The molecule has 0 bridgehead atoms. The van der Waals surface area contributed by atoms with Gasteiger partial charge in [-0.2, -0.15) is 0 Å². The van der Waals surface area contributed by atoms with E-state index in [4.69, 9.17) is 0 Å². The smallest absolute Gasteiger partial charge is 0.00929 e. The summed E-state index contributed by atoms with van der Waals surface area (Å²) in [5.74, 6) is 0. The number of allylic oxidation sites excluding steroid dienone is 1. The van der Waals surface area contributed by atoms with E-state index in [9.17, 15) is 0 Å². The first-order valence-corrected chi connectivity index (χ1v) is 5.68. The van der Waals surface area contributed by atoms with Crippen molar-refractivity contribution in [2.45, 2.75) is 6.55 Å². The summed E-state index contributed by atoms with van der Waals surface area (Å²) in [5, 5.41) is 0. The second-order valence-electron chi connectivity index (χ2n) is 2.69. The first-order valence-electron chi connectivity index (χ1n) is 3.85. The quantitative estimate of drug-likeness (QED) is 0.547. The molecule has 1 aliphatic rings. The molecule has 0 saturated carbocycles. The van der Waals surface area contributed by atoms with Crippen LogP contribution >= 0.6 is 0 Å². The molecular weight excluding hydrogens is 148 g/mol. The van der Waals surface area contributed by atoms with Crippen molar-refractivity contribution in [2.75, 3.05) is 0 Å². The average Bonchev–Trinajstić information content (AvgIpc) is 2.01. The van der Waals surface area contributed by atoms with Gasteiger partial charge in [0.25, 0.3) is 0 Å². The van der Waals surface area contributed by atoms with Gasteiger partial charge in [-0.3, -0.25) is 0 Å². The minimum atomic E-state index is 0.494. The van der Waals surface area contributed by atoms with Crippen molar-refractivity contribution < 1.29 is 0 Å². The van der Waals surface area contributed by atoms with Crippen molar-refractivity contribution >= 4 is 26.5 Å². The molecule has 1 heteroatoms. The van der Waals surface area contributed by atoms with Crippen LogP contribution in [-0.4, -0.2) is 14.8 Å². The van der Waals surface area contributed by atoms with Gasteiger partial charge in [0.05, 0.1) is 0 Å². The van der Waals surface area contributed by atoms with E-state index in [-0.39, 0.29) is 0 Å². The van der Waals surface area contributed by atoms with E-state index in [0.717, 1.165) is 0 Å². The van der Waals surface area contributed by atoms with Gasteiger partial charge in [0.1, 0.15) is 0 Å². The van der Waals surface area contributed by atoms with Crippen molar-refractivity contribution in [3.63, 3.8) is 0 Å². The molecule has 2 rings (SSSR count). The summed E-state index contributed by atoms with van der Waals surface area (Å²) in [6, 6.07) is 8.55. The molecule has 1 aromatic carbocycles. The Morgan fingerprint density at radius 1 is 1.27 bits per heavy atom. The zero-order valence-electron chi connectivity index (χ0n) is 6.54. The van der Waals surface area contributed by atoms with Crippen LogP contribution in [-0.2, 0) is 0 Å². The van der Waals surface area contributed by atoms with Crippen LogP contribution in [0.3, 0.4) is 0 Å². The standard InChI is InChI=1S/C10H10Si/c1-11-7-9-6-8-4-2-3-5-10(8)9/h2-7,11H,1H3. The van der Waals surface area contributed by atoms with Gasteiger partial charge in [-0.25, -0.2) is 0 Å². The molecule has 0 radical (unpaired) electrons. The molecule has 0 heterocycles. The summed E-state index contributed by atoms with van der Waals surface area (Å²) in [4.78, 5) is 0. The number of hydrogen-bond donors (Lipinski definition) is 0. The van der Waals surface area contributed by atoms with Crippen LogP contribution in [0.1, 0.15) is 11.1 Å². The van der Waals surface area contributed by atoms with Crippen molar-refractivity contribution in [1.82, 2.24) is 0 Å². The third-order valence-electron chi connectivity index (χ3n) is 1.93. The predicted octanol–water partition coefficient (Wildman–Crippen LogP) is 1.83. The van der Waals surface area contributed by atoms with Crippen LogP contribution in [0.2, 0.25) is 6.55 Å². The molecule has 0 amide bonds. The van der Waals surface area contributed by atoms with Crippen LogP contribution in [0.25, 0.3) is 11.6 Å². The fraction of sp³-hybridized carbons (Fsp3) is 0.100. The van der Waals surface area contributed by atoms with Gasteiger partial charge < -0.3 is 0 Å². The normalized spacial score (nSPS) is 14.1. The maximum absolute atomic E-state index is 2.35. The maximum atomic E-state index is 2.35. The molecule has 1 aliphatic carbocycles. The SMILES string of the molecule is C[SiH]=CC1=Cc2ccccc21. The zero-order valence-corrected chi connectivity index (χ0v) is 7.70. The van der Waals surface area contributed by atoms with Crippen molar-refractivity contribution in [1.29, 1.82) is 0 Å². The lowest BCUT2D eigenvalue weighted by molar-refractivity contribution is 1.56. The molecule has 0 spiro atoms. The molecule has 0 nitrogen and oxygen atoms in total. The Morgan fingerprint density at radius 2 is 2.09 bits per heavy atom. The van der Waals surface area contributed by atoms with Crippen LogP contribution in [0.4, 0.5) is 0 Å². The van der Waals surface area contributed by atoms with Crippen molar-refractivity contribution in [2.24, 2.45) is 0 Å². The monoisotopic (exact) mass is 158 g/mol. The average molecular weight is 158 g/mol. The van der Waals surface area contributed by atoms with E-state index < -0.39 is 0 Å². The molecule has 0 saturated heterocycles. The highest BCUT2D eigenvalue weighted by Crippen LogP contribution is 2.29. The first kappa shape index (κ1) is 6.74. The third kappa shape index (κ3) is 1.01. The van der Waals surface area contributed by atoms with E-state index in [0.29, 0.717) is 9.13 Å². The Kier molecular flexibility index (Phi) is 1.58. The lowest BCUT2D eigenvalue weighted by Crippen LogP contribution is -1.99. The van der Waals surface area contributed by atoms with Crippen molar-refractivity contribution in [3.05, 3.63) is 35.4 Å². The molecule has 0 aliphatic heterocycles. The molecule has 0 N–H and O–H groups in total. The predicted molar refractivity (Wildman–Crippen MR) is 53.4 cm³/mol. The van der Waals surface area contributed by atoms with E-state index in [1.165, 1.54) is 16.7 Å². The molecule has 0 aromatic heterocycles. The lowest BCUT2D eigenvalue weighted by atomic mass is 9.90. The Balaban J connectivity index is 2.38.